The minimum Gasteiger partial charge on any atom is -0.453 e. The van der Waals surface area contributed by atoms with Crippen molar-refractivity contribution in [3.8, 4) is 0 Å². The van der Waals surface area contributed by atoms with Crippen molar-refractivity contribution in [1.82, 2.24) is 20.9 Å². The number of halogens is 2. The Bertz CT molecular complexity index is 1310. The molecule has 12 nitrogen and oxygen atoms in total. The van der Waals surface area contributed by atoms with Crippen LogP contribution in [-0.4, -0.2) is 96.5 Å². The predicted molar refractivity (Wildman–Crippen MR) is 193 cm³/mol. The lowest BCUT2D eigenvalue weighted by molar-refractivity contribution is 0.0188. The highest BCUT2D eigenvalue weighted by Gasteiger charge is 2.22. The van der Waals surface area contributed by atoms with Crippen molar-refractivity contribution < 1.29 is 38.1 Å². The SMILES string of the molecule is CNCCC(OCCNC(=O)OC)c1cc(Cl)ccc1C.COC(=O)NCCOC(CCN(C)C(=O)OC(C)(C)C)c1cc(Cl)ccc1C. The molecule has 0 radical (unpaired) electrons. The van der Waals surface area contributed by atoms with Crippen molar-refractivity contribution in [3.63, 3.8) is 0 Å². The normalized spacial score (nSPS) is 12.1. The largest absolute Gasteiger partial charge is 0.453 e. The number of alkyl carbamates (subject to hydrolysis) is 2. The summed E-state index contributed by atoms with van der Waals surface area (Å²) in [6.07, 6.45) is -0.321. The number of hydrogen-bond acceptors (Lipinski definition) is 9. The third kappa shape index (κ3) is 18.3. The Labute approximate surface area is 301 Å². The molecular formula is C35H54Cl2N4O8. The van der Waals surface area contributed by atoms with Gasteiger partial charge in [0, 0.05) is 36.7 Å². The molecule has 0 saturated carbocycles. The van der Waals surface area contributed by atoms with Crippen LogP contribution in [0.2, 0.25) is 10.0 Å². The van der Waals surface area contributed by atoms with E-state index in [9.17, 15) is 14.4 Å². The maximum absolute atomic E-state index is 12.2. The standard InChI is InChI=1S/C20H31ClN2O5.C15H23ClN2O3/c1-14-7-8-15(21)13-16(14)17(27-12-10-22-18(24)26-6)9-11-23(5)19(25)28-20(2,3)4;1-11-4-5-12(16)10-13(11)14(6-7-17-2)21-9-8-18-15(19)20-3/h7-8,13,17H,9-12H2,1-6H3,(H,22,24);4-5,10,14,17H,6-9H2,1-3H3,(H,18,19). The highest BCUT2D eigenvalue weighted by atomic mass is 35.5. The molecule has 2 atom stereocenters. The highest BCUT2D eigenvalue weighted by molar-refractivity contribution is 6.30. The molecule has 14 heteroatoms. The van der Waals surface area contributed by atoms with Crippen LogP contribution >= 0.6 is 23.2 Å². The smallest absolute Gasteiger partial charge is 0.410 e. The predicted octanol–water partition coefficient (Wildman–Crippen LogP) is 6.99. The number of benzene rings is 2. The Morgan fingerprint density at radius 2 is 1.22 bits per heavy atom. The molecule has 0 saturated heterocycles. The van der Waals surface area contributed by atoms with Gasteiger partial charge in [0.15, 0.2) is 0 Å². The van der Waals surface area contributed by atoms with E-state index in [1.54, 1.807) is 7.05 Å². The fourth-order valence-electron chi connectivity index (χ4n) is 4.44. The molecule has 2 unspecified atom stereocenters. The van der Waals surface area contributed by atoms with Crippen molar-refractivity contribution >= 4 is 41.5 Å². The first-order chi connectivity index (χ1) is 23.1. The Hall–Kier alpha value is -3.29. The van der Waals surface area contributed by atoms with Crippen LogP contribution in [0.25, 0.3) is 0 Å². The van der Waals surface area contributed by atoms with Gasteiger partial charge >= 0.3 is 18.3 Å². The zero-order valence-electron chi connectivity index (χ0n) is 30.2. The zero-order valence-corrected chi connectivity index (χ0v) is 31.8. The van der Waals surface area contributed by atoms with Crippen LogP contribution < -0.4 is 16.0 Å². The van der Waals surface area contributed by atoms with Gasteiger partial charge in [0.25, 0.3) is 0 Å². The fraction of sp³-hybridized carbons (Fsp3) is 0.571. The highest BCUT2D eigenvalue weighted by Crippen LogP contribution is 2.28. The molecule has 0 bridgehead atoms. The van der Waals surface area contributed by atoms with Crippen molar-refractivity contribution in [1.29, 1.82) is 0 Å². The van der Waals surface area contributed by atoms with E-state index in [0.717, 1.165) is 35.2 Å². The van der Waals surface area contributed by atoms with Gasteiger partial charge in [0.05, 0.1) is 39.6 Å². The number of nitrogens with zero attached hydrogens (tertiary/aromatic N) is 1. The number of rotatable bonds is 16. The lowest BCUT2D eigenvalue weighted by Crippen LogP contribution is -2.35. The van der Waals surface area contributed by atoms with E-state index in [1.165, 1.54) is 19.1 Å². The second-order valence-electron chi connectivity index (χ2n) is 12.1. The quantitative estimate of drug-likeness (QED) is 0.123. The van der Waals surface area contributed by atoms with E-state index < -0.39 is 17.8 Å². The average molecular weight is 730 g/mol. The molecule has 0 fully saturated rings. The molecule has 2 aromatic rings. The Balaban J connectivity index is 0.000000510. The van der Waals surface area contributed by atoms with Crippen molar-refractivity contribution in [2.24, 2.45) is 0 Å². The van der Waals surface area contributed by atoms with Gasteiger partial charge in [-0.05, 0) is 108 Å². The van der Waals surface area contributed by atoms with Gasteiger partial charge in [-0.2, -0.15) is 0 Å². The molecule has 2 aromatic carbocycles. The van der Waals surface area contributed by atoms with Crippen LogP contribution in [0.1, 0.15) is 68.1 Å². The molecule has 2 rings (SSSR count). The van der Waals surface area contributed by atoms with E-state index in [0.29, 0.717) is 49.3 Å². The Kier molecular flexibility index (Phi) is 20.7. The summed E-state index contributed by atoms with van der Waals surface area (Å²) in [5.74, 6) is 0. The average Bonchev–Trinajstić information content (AvgIpc) is 3.05. The maximum Gasteiger partial charge on any atom is 0.410 e. The van der Waals surface area contributed by atoms with E-state index in [-0.39, 0.29) is 18.3 Å². The van der Waals surface area contributed by atoms with E-state index in [1.807, 2.05) is 78.1 Å². The van der Waals surface area contributed by atoms with E-state index in [2.05, 4.69) is 25.4 Å². The molecule has 3 amide bonds. The third-order valence-electron chi connectivity index (χ3n) is 7.02. The van der Waals surface area contributed by atoms with Crippen molar-refractivity contribution in [3.05, 3.63) is 68.7 Å². The summed E-state index contributed by atoms with van der Waals surface area (Å²) in [4.78, 5) is 35.8. The lowest BCUT2D eigenvalue weighted by atomic mass is 10.0. The summed E-state index contributed by atoms with van der Waals surface area (Å²) < 4.78 is 26.3. The van der Waals surface area contributed by atoms with Crippen molar-refractivity contribution in [2.75, 3.05) is 67.7 Å². The van der Waals surface area contributed by atoms with Crippen LogP contribution in [0.3, 0.4) is 0 Å². The third-order valence-corrected chi connectivity index (χ3v) is 7.49. The molecule has 0 spiro atoms. The number of hydrogen-bond donors (Lipinski definition) is 3. The number of methoxy groups -OCH3 is 2. The maximum atomic E-state index is 12.2. The lowest BCUT2D eigenvalue weighted by Gasteiger charge is -2.27. The summed E-state index contributed by atoms with van der Waals surface area (Å²) in [6, 6.07) is 11.4. The minimum atomic E-state index is -0.551. The summed E-state index contributed by atoms with van der Waals surface area (Å²) in [5.41, 5.74) is 3.65. The summed E-state index contributed by atoms with van der Waals surface area (Å²) in [7, 11) is 6.23. The Morgan fingerprint density at radius 1 is 0.776 bits per heavy atom. The number of ether oxygens (including phenoxy) is 5. The first kappa shape index (κ1) is 43.7. The first-order valence-electron chi connectivity index (χ1n) is 16.1. The molecular weight excluding hydrogens is 675 g/mol. The summed E-state index contributed by atoms with van der Waals surface area (Å²) in [6.45, 7) is 12.2. The topological polar surface area (TPSA) is 137 Å². The number of aryl methyl sites for hydroxylation is 2. The number of nitrogens with one attached hydrogen (secondary N) is 3. The molecule has 0 aromatic heterocycles. The van der Waals surface area contributed by atoms with E-state index in [4.69, 9.17) is 37.4 Å². The van der Waals surface area contributed by atoms with Crippen LogP contribution in [0.5, 0.6) is 0 Å². The molecule has 276 valence electrons. The van der Waals surface area contributed by atoms with Gasteiger partial charge < -0.3 is 44.5 Å². The van der Waals surface area contributed by atoms with Gasteiger partial charge in [0.2, 0.25) is 0 Å². The summed E-state index contributed by atoms with van der Waals surface area (Å²) >= 11 is 12.2. The van der Waals surface area contributed by atoms with Gasteiger partial charge in [-0.1, -0.05) is 35.3 Å². The van der Waals surface area contributed by atoms with Crippen molar-refractivity contribution in [2.45, 2.75) is 65.3 Å². The molecule has 0 aliphatic rings. The summed E-state index contributed by atoms with van der Waals surface area (Å²) in [5, 5.41) is 9.60. The van der Waals surface area contributed by atoms with E-state index >= 15 is 0 Å². The number of carbonyl (C=O) groups is 3. The van der Waals surface area contributed by atoms with Crippen LogP contribution in [-0.2, 0) is 23.7 Å². The van der Waals surface area contributed by atoms with Crippen LogP contribution in [0.4, 0.5) is 14.4 Å². The van der Waals surface area contributed by atoms with Crippen LogP contribution in [0.15, 0.2) is 36.4 Å². The van der Waals surface area contributed by atoms with Gasteiger partial charge in [-0.3, -0.25) is 0 Å². The molecule has 49 heavy (non-hydrogen) atoms. The molecule has 0 aliphatic carbocycles. The molecule has 0 aliphatic heterocycles. The second kappa shape index (κ2) is 23.2. The molecule has 0 heterocycles. The Morgan fingerprint density at radius 3 is 1.63 bits per heavy atom. The van der Waals surface area contributed by atoms with Crippen LogP contribution in [0, 0.1) is 13.8 Å². The van der Waals surface area contributed by atoms with Gasteiger partial charge in [-0.15, -0.1) is 0 Å². The fourth-order valence-corrected chi connectivity index (χ4v) is 4.81. The second-order valence-corrected chi connectivity index (χ2v) is 13.0. The van der Waals surface area contributed by atoms with Gasteiger partial charge in [0.1, 0.15) is 5.60 Å². The minimum absolute atomic E-state index is 0.0596. The monoisotopic (exact) mass is 728 g/mol. The zero-order chi connectivity index (χ0) is 37.0. The number of amides is 3. The number of carbonyl (C=O) groups excluding carboxylic acids is 3. The van der Waals surface area contributed by atoms with Gasteiger partial charge in [-0.25, -0.2) is 14.4 Å². The first-order valence-corrected chi connectivity index (χ1v) is 16.8. The molecule has 3 N–H and O–H groups in total.